The Morgan fingerprint density at radius 2 is 0.804 bits per heavy atom. The monoisotopic (exact) mass is 1530 g/mol. The van der Waals surface area contributed by atoms with Gasteiger partial charge in [0.2, 0.25) is 0 Å². The lowest BCUT2D eigenvalue weighted by molar-refractivity contribution is 0.0951. The van der Waals surface area contributed by atoms with E-state index in [1.54, 1.807) is 0 Å². The van der Waals surface area contributed by atoms with Crippen molar-refractivity contribution in [2.24, 2.45) is 0 Å². The van der Waals surface area contributed by atoms with E-state index in [1.807, 2.05) is 77.8 Å². The number of hydrogen-bond acceptors (Lipinski definition) is 25. The minimum Gasteiger partial charge on any atom is -0.380 e. The molecule has 25 nitrogen and oxygen atoms in total. The van der Waals surface area contributed by atoms with Crippen molar-refractivity contribution in [3.63, 3.8) is 0 Å². The first kappa shape index (κ1) is 83.2. The SMILES string of the molecule is C.C.CO[C@@H]1C[C@H](c2cc(N3CCN(C)CC3)nc(C)n2)N([C@H]2CCCc3cccnc32)C1.Cc1nc(CN2CCC[C@@H]2c2ccccn2)cc(N2CCN(C)CC2)n1.Cc1nc(CN2CCC[C@H]2c2ccccn2)cc(N2CCN(C)CC2)n1.Cc1nc([C@H]2CCCN2C(C)c2ccccn2)cc(N2CCN(C)CC2)n1. The van der Waals surface area contributed by atoms with Crippen LogP contribution in [0, 0.1) is 27.7 Å². The molecule has 8 aromatic heterocycles. The van der Waals surface area contributed by atoms with Crippen LogP contribution in [0.15, 0.2) is 116 Å². The lowest BCUT2D eigenvalue weighted by atomic mass is 9.90. The van der Waals surface area contributed by atoms with Gasteiger partial charge in [-0.2, -0.15) is 0 Å². The fraction of sp³-hybridized carbons (Fsp3) is 0.586. The normalized spacial score (nSPS) is 23.4. The smallest absolute Gasteiger partial charge is 0.132 e. The zero-order valence-electron chi connectivity index (χ0n) is 67.3. The summed E-state index contributed by atoms with van der Waals surface area (Å²) in [7, 11) is 10.6. The molecule has 602 valence electrons. The lowest BCUT2D eigenvalue weighted by Crippen LogP contribution is -2.45. The number of fused-ring (bicyclic) bond motifs is 1. The van der Waals surface area contributed by atoms with Crippen LogP contribution in [0.1, 0.15) is 190 Å². The van der Waals surface area contributed by atoms with Crippen LogP contribution >= 0.6 is 0 Å². The summed E-state index contributed by atoms with van der Waals surface area (Å²) in [4.78, 5) is 86.0. The van der Waals surface area contributed by atoms with Gasteiger partial charge in [0.05, 0.1) is 81.9 Å². The molecular formula is C87H128N24O. The van der Waals surface area contributed by atoms with Crippen LogP contribution in [0.25, 0.3) is 0 Å². The van der Waals surface area contributed by atoms with E-state index in [9.17, 15) is 0 Å². The number of likely N-dealkylation sites (tertiary alicyclic amines) is 4. The van der Waals surface area contributed by atoms with Gasteiger partial charge in [-0.05, 0) is 195 Å². The molecule has 0 amide bonds. The molecule has 8 fully saturated rings. The van der Waals surface area contributed by atoms with Gasteiger partial charge in [0, 0.05) is 187 Å². The van der Waals surface area contributed by atoms with Gasteiger partial charge in [0.1, 0.15) is 46.6 Å². The number of aryl methyl sites for hydroxylation is 5. The van der Waals surface area contributed by atoms with E-state index in [0.717, 1.165) is 245 Å². The number of pyridine rings is 4. The first-order chi connectivity index (χ1) is 53.6. The van der Waals surface area contributed by atoms with E-state index in [-0.39, 0.29) is 27.0 Å². The highest BCUT2D eigenvalue weighted by atomic mass is 16.5. The number of hydrogen-bond donors (Lipinski definition) is 0. The van der Waals surface area contributed by atoms with Crippen molar-refractivity contribution in [2.45, 2.75) is 169 Å². The predicted octanol–water partition coefficient (Wildman–Crippen LogP) is 11.4. The molecule has 17 rings (SSSR count). The minimum atomic E-state index is 0. The standard InChI is InChI=1S/C24H34N6O.C21H30N6.2C20H28N6.2CH4/c1-17-26-20(15-23(27-17)29-12-10-28(2)11-13-29)22-14-19(31-3)16-30(22)21-8-4-6-18-7-5-9-25-24(18)21;1-16(18-7-4-5-9-22-18)27-10-6-8-20(27)19-15-21(24-17(2)23-19)26-13-11-25(3)12-14-26;2*1-16-22-17(14-20(23-16)25-12-10-24(2)11-13-25)15-26-9-5-7-19(26)18-6-3-4-8-21-18;;/h5,7,9,15,19,21-22H,4,6,8,10-14,16H2,1-3H3;4-5,7,9,15-16,20H,6,8,10-14H2,1-3H3;2*3-4,6,8,14,19H,5,7,9-13,15H2,1-2H3;2*1H4/t19-,21+,22-;16?,20-;2*19-;;/m1110../s1. The average Bonchev–Trinajstić information content (AvgIpc) is 1.57. The third kappa shape index (κ3) is 21.2. The molecule has 112 heavy (non-hydrogen) atoms. The second kappa shape index (κ2) is 39.7. The molecular weight excluding hydrogens is 1400 g/mol. The zero-order chi connectivity index (χ0) is 76.0. The van der Waals surface area contributed by atoms with Crippen molar-refractivity contribution >= 4 is 23.3 Å². The predicted molar refractivity (Wildman–Crippen MR) is 449 cm³/mol. The summed E-state index contributed by atoms with van der Waals surface area (Å²) in [5.74, 6) is 7.77. The number of nitrogens with zero attached hydrogens (tertiary/aromatic N) is 24. The molecule has 16 heterocycles. The van der Waals surface area contributed by atoms with Gasteiger partial charge in [-0.25, -0.2) is 39.9 Å². The number of ether oxygens (including phenoxy) is 1. The fourth-order valence-corrected chi connectivity index (χ4v) is 17.8. The van der Waals surface area contributed by atoms with E-state index in [1.165, 1.54) is 61.2 Å². The highest BCUT2D eigenvalue weighted by Crippen LogP contribution is 2.45. The summed E-state index contributed by atoms with van der Waals surface area (Å²) >= 11 is 0. The van der Waals surface area contributed by atoms with Crippen LogP contribution in [0.3, 0.4) is 0 Å². The molecule has 8 aliphatic heterocycles. The summed E-state index contributed by atoms with van der Waals surface area (Å²) in [6.45, 7) is 33.2. The Balaban J connectivity index is 0.000000138. The number of likely N-dealkylation sites (N-methyl/N-ethyl adjacent to an activating group) is 4. The summed E-state index contributed by atoms with van der Waals surface area (Å²) in [6, 6.07) is 33.7. The molecule has 8 aromatic rings. The molecule has 8 saturated heterocycles. The summed E-state index contributed by atoms with van der Waals surface area (Å²) in [5.41, 5.74) is 10.7. The van der Waals surface area contributed by atoms with Gasteiger partial charge in [-0.15, -0.1) is 0 Å². The van der Waals surface area contributed by atoms with Crippen LogP contribution in [-0.2, 0) is 24.2 Å². The molecule has 7 atom stereocenters. The van der Waals surface area contributed by atoms with Gasteiger partial charge in [0.25, 0.3) is 0 Å². The Bertz CT molecular complexity index is 4060. The molecule has 0 radical (unpaired) electrons. The van der Waals surface area contributed by atoms with Crippen molar-refractivity contribution in [1.29, 1.82) is 0 Å². The fourth-order valence-electron chi connectivity index (χ4n) is 17.8. The Hall–Kier alpha value is -8.24. The first-order valence-electron chi connectivity index (χ1n) is 40.9. The van der Waals surface area contributed by atoms with Crippen molar-refractivity contribution in [2.75, 3.05) is 186 Å². The topological polar surface area (TPSA) is 203 Å². The van der Waals surface area contributed by atoms with E-state index >= 15 is 0 Å². The van der Waals surface area contributed by atoms with Crippen molar-refractivity contribution < 1.29 is 4.74 Å². The van der Waals surface area contributed by atoms with Crippen molar-refractivity contribution in [3.8, 4) is 0 Å². The second-order valence-electron chi connectivity index (χ2n) is 31.9. The third-order valence-corrected chi connectivity index (χ3v) is 24.1. The summed E-state index contributed by atoms with van der Waals surface area (Å²) in [6.07, 6.45) is 19.4. The van der Waals surface area contributed by atoms with E-state index in [0.29, 0.717) is 30.2 Å². The Kier molecular flexibility index (Phi) is 29.5. The molecule has 9 aliphatic rings. The molecule has 0 aromatic carbocycles. The van der Waals surface area contributed by atoms with Crippen LogP contribution in [-0.4, -0.2) is 271 Å². The number of aromatic nitrogens is 12. The number of piperazine rings is 4. The van der Waals surface area contributed by atoms with E-state index in [4.69, 9.17) is 49.6 Å². The second-order valence-corrected chi connectivity index (χ2v) is 31.9. The maximum Gasteiger partial charge on any atom is 0.132 e. The molecule has 0 N–H and O–H groups in total. The van der Waals surface area contributed by atoms with E-state index < -0.39 is 0 Å². The minimum absolute atomic E-state index is 0. The quantitative estimate of drug-likeness (QED) is 0.0882. The average molecular weight is 1530 g/mol. The molecule has 0 bridgehead atoms. The number of anilines is 4. The lowest BCUT2D eigenvalue weighted by Gasteiger charge is -2.36. The first-order valence-corrected chi connectivity index (χ1v) is 40.9. The number of rotatable bonds is 16. The Morgan fingerprint density at radius 3 is 1.25 bits per heavy atom. The van der Waals surface area contributed by atoms with Gasteiger partial charge >= 0.3 is 0 Å². The van der Waals surface area contributed by atoms with Crippen LogP contribution < -0.4 is 19.6 Å². The summed E-state index contributed by atoms with van der Waals surface area (Å²) < 4.78 is 5.84. The van der Waals surface area contributed by atoms with Gasteiger partial charge in [-0.1, -0.05) is 39.1 Å². The zero-order valence-corrected chi connectivity index (χ0v) is 67.3. The molecule has 1 aliphatic carbocycles. The van der Waals surface area contributed by atoms with E-state index in [2.05, 4.69) is 182 Å². The maximum atomic E-state index is 5.84. The van der Waals surface area contributed by atoms with Gasteiger partial charge < -0.3 is 43.9 Å². The molecule has 1 unspecified atom stereocenters. The third-order valence-electron chi connectivity index (χ3n) is 24.1. The van der Waals surface area contributed by atoms with Crippen LogP contribution in [0.4, 0.5) is 23.3 Å². The summed E-state index contributed by atoms with van der Waals surface area (Å²) in [5, 5.41) is 0. The highest BCUT2D eigenvalue weighted by Gasteiger charge is 2.42. The molecule has 25 heteroatoms. The van der Waals surface area contributed by atoms with Crippen LogP contribution in [0.5, 0.6) is 0 Å². The molecule has 0 spiro atoms. The van der Waals surface area contributed by atoms with Crippen molar-refractivity contribution in [1.82, 2.24) is 99.0 Å². The highest BCUT2D eigenvalue weighted by molar-refractivity contribution is 5.45. The van der Waals surface area contributed by atoms with Crippen molar-refractivity contribution in [3.05, 3.63) is 190 Å². The number of methoxy groups -OCH3 is 1. The Morgan fingerprint density at radius 1 is 0.393 bits per heavy atom. The van der Waals surface area contributed by atoms with Gasteiger partial charge in [0.15, 0.2) is 0 Å². The Labute approximate surface area is 668 Å². The van der Waals surface area contributed by atoms with Crippen LogP contribution in [0.2, 0.25) is 0 Å². The maximum absolute atomic E-state index is 5.84. The molecule has 0 saturated carbocycles. The largest absolute Gasteiger partial charge is 0.380 e. The van der Waals surface area contributed by atoms with Gasteiger partial charge in [-0.3, -0.25) is 39.5 Å².